The maximum absolute atomic E-state index is 4.50. The van der Waals surface area contributed by atoms with Gasteiger partial charge in [0.05, 0.1) is 5.69 Å². The highest BCUT2D eigenvalue weighted by Crippen LogP contribution is 2.14. The van der Waals surface area contributed by atoms with Crippen molar-refractivity contribution in [2.75, 3.05) is 0 Å². The molecule has 2 aromatic rings. The Morgan fingerprint density at radius 1 is 1.40 bits per heavy atom. The second kappa shape index (κ2) is 4.01. The predicted octanol–water partition coefficient (Wildman–Crippen LogP) is 2.81. The van der Waals surface area contributed by atoms with Gasteiger partial charge in [0.1, 0.15) is 0 Å². The van der Waals surface area contributed by atoms with Gasteiger partial charge < -0.3 is 0 Å². The SMILES string of the molecule is CCCc1cc2ncc(C(C)C)cn2n1. The molecule has 0 N–H and O–H groups in total. The van der Waals surface area contributed by atoms with Gasteiger partial charge in [-0.15, -0.1) is 0 Å². The van der Waals surface area contributed by atoms with Gasteiger partial charge in [0.2, 0.25) is 0 Å². The Hall–Kier alpha value is -1.38. The van der Waals surface area contributed by atoms with Crippen LogP contribution in [-0.2, 0) is 6.42 Å². The summed E-state index contributed by atoms with van der Waals surface area (Å²) in [5.74, 6) is 0.501. The first-order valence-corrected chi connectivity index (χ1v) is 5.55. The Morgan fingerprint density at radius 3 is 2.87 bits per heavy atom. The van der Waals surface area contributed by atoms with Crippen LogP contribution in [0.5, 0.6) is 0 Å². The molecule has 3 nitrogen and oxygen atoms in total. The average molecular weight is 203 g/mol. The summed E-state index contributed by atoms with van der Waals surface area (Å²) in [6.45, 7) is 6.50. The molecule has 0 unspecified atom stereocenters. The van der Waals surface area contributed by atoms with Crippen LogP contribution in [0.3, 0.4) is 0 Å². The highest BCUT2D eigenvalue weighted by atomic mass is 15.2. The van der Waals surface area contributed by atoms with Crippen LogP contribution >= 0.6 is 0 Å². The van der Waals surface area contributed by atoms with Gasteiger partial charge in [0, 0.05) is 18.5 Å². The smallest absolute Gasteiger partial charge is 0.155 e. The van der Waals surface area contributed by atoms with Crippen LogP contribution in [-0.4, -0.2) is 14.6 Å². The molecular formula is C12H17N3. The van der Waals surface area contributed by atoms with Crippen LogP contribution in [0.4, 0.5) is 0 Å². The Bertz CT molecular complexity index is 457. The van der Waals surface area contributed by atoms with Gasteiger partial charge in [-0.1, -0.05) is 27.2 Å². The van der Waals surface area contributed by atoms with Crippen LogP contribution in [0.2, 0.25) is 0 Å². The summed E-state index contributed by atoms with van der Waals surface area (Å²) in [6, 6.07) is 2.06. The van der Waals surface area contributed by atoms with Crippen molar-refractivity contribution >= 4 is 5.65 Å². The fourth-order valence-corrected chi connectivity index (χ4v) is 1.62. The van der Waals surface area contributed by atoms with Gasteiger partial charge in [-0.2, -0.15) is 5.10 Å². The molecule has 0 atom stereocenters. The molecule has 2 aromatic heterocycles. The normalized spacial score (nSPS) is 11.5. The maximum atomic E-state index is 4.50. The van der Waals surface area contributed by atoms with Crippen LogP contribution in [0.25, 0.3) is 5.65 Å². The molecule has 0 spiro atoms. The third-order valence-electron chi connectivity index (χ3n) is 2.56. The van der Waals surface area contributed by atoms with E-state index in [9.17, 15) is 0 Å². The summed E-state index contributed by atoms with van der Waals surface area (Å²) in [4.78, 5) is 4.41. The molecule has 2 heterocycles. The Labute approximate surface area is 90.1 Å². The first-order chi connectivity index (χ1) is 7.20. The molecule has 80 valence electrons. The first-order valence-electron chi connectivity index (χ1n) is 5.55. The summed E-state index contributed by atoms with van der Waals surface area (Å²) in [6.07, 6.45) is 6.17. The minimum absolute atomic E-state index is 0.501. The molecule has 0 radical (unpaired) electrons. The molecule has 0 bridgehead atoms. The van der Waals surface area contributed by atoms with Crippen LogP contribution in [0.1, 0.15) is 44.4 Å². The Kier molecular flexibility index (Phi) is 2.71. The molecule has 0 saturated carbocycles. The van der Waals surface area contributed by atoms with E-state index in [1.165, 1.54) is 5.56 Å². The van der Waals surface area contributed by atoms with Gasteiger partial charge in [-0.25, -0.2) is 9.50 Å². The van der Waals surface area contributed by atoms with Crippen molar-refractivity contribution in [2.45, 2.75) is 39.5 Å². The summed E-state index contributed by atoms with van der Waals surface area (Å²) in [5.41, 5.74) is 3.31. The third-order valence-corrected chi connectivity index (χ3v) is 2.56. The van der Waals surface area contributed by atoms with E-state index in [4.69, 9.17) is 0 Å². The van der Waals surface area contributed by atoms with Gasteiger partial charge >= 0.3 is 0 Å². The molecule has 0 aliphatic carbocycles. The van der Waals surface area contributed by atoms with E-state index < -0.39 is 0 Å². The standard InChI is InChI=1S/C12H17N3/c1-4-5-11-6-12-13-7-10(9(2)3)8-15(12)14-11/h6-9H,4-5H2,1-3H3. The van der Waals surface area contributed by atoms with E-state index in [1.54, 1.807) is 0 Å². The fraction of sp³-hybridized carbons (Fsp3) is 0.500. The van der Waals surface area contributed by atoms with Gasteiger partial charge in [0.25, 0.3) is 0 Å². The second-order valence-corrected chi connectivity index (χ2v) is 4.23. The van der Waals surface area contributed by atoms with Crippen LogP contribution in [0, 0.1) is 0 Å². The Morgan fingerprint density at radius 2 is 2.20 bits per heavy atom. The zero-order valence-electron chi connectivity index (χ0n) is 9.57. The molecule has 0 saturated heterocycles. The number of aryl methyl sites for hydroxylation is 1. The highest BCUT2D eigenvalue weighted by Gasteiger charge is 2.04. The fourth-order valence-electron chi connectivity index (χ4n) is 1.62. The topological polar surface area (TPSA) is 30.2 Å². The Balaban J connectivity index is 2.43. The molecular weight excluding hydrogens is 186 g/mol. The van der Waals surface area contributed by atoms with E-state index in [1.807, 2.05) is 10.7 Å². The number of hydrogen-bond donors (Lipinski definition) is 0. The molecule has 0 fully saturated rings. The third kappa shape index (κ3) is 2.01. The highest BCUT2D eigenvalue weighted by molar-refractivity contribution is 5.39. The largest absolute Gasteiger partial charge is 0.237 e. The monoisotopic (exact) mass is 203 g/mol. The molecule has 0 amide bonds. The lowest BCUT2D eigenvalue weighted by Gasteiger charge is -2.03. The summed E-state index contributed by atoms with van der Waals surface area (Å²) in [7, 11) is 0. The number of fused-ring (bicyclic) bond motifs is 1. The van der Waals surface area contributed by atoms with Crippen molar-refractivity contribution in [3.8, 4) is 0 Å². The average Bonchev–Trinajstić information content (AvgIpc) is 2.59. The van der Waals surface area contributed by atoms with E-state index in [-0.39, 0.29) is 0 Å². The number of nitrogens with zero attached hydrogens (tertiary/aromatic N) is 3. The quantitative estimate of drug-likeness (QED) is 0.767. The molecule has 0 aliphatic rings. The maximum Gasteiger partial charge on any atom is 0.155 e. The minimum Gasteiger partial charge on any atom is -0.237 e. The van der Waals surface area contributed by atoms with Crippen molar-refractivity contribution in [3.05, 3.63) is 29.7 Å². The van der Waals surface area contributed by atoms with Crippen molar-refractivity contribution in [1.29, 1.82) is 0 Å². The van der Waals surface area contributed by atoms with Crippen molar-refractivity contribution in [1.82, 2.24) is 14.6 Å². The molecule has 3 heteroatoms. The van der Waals surface area contributed by atoms with Crippen molar-refractivity contribution in [3.63, 3.8) is 0 Å². The summed E-state index contributed by atoms with van der Waals surface area (Å²) < 4.78 is 1.89. The van der Waals surface area contributed by atoms with Crippen LogP contribution in [0.15, 0.2) is 18.5 Å². The van der Waals surface area contributed by atoms with Gasteiger partial charge in [-0.3, -0.25) is 0 Å². The zero-order valence-corrected chi connectivity index (χ0v) is 9.57. The number of aromatic nitrogens is 3. The van der Waals surface area contributed by atoms with E-state index in [0.29, 0.717) is 5.92 Å². The number of rotatable bonds is 3. The first kappa shape index (κ1) is 10.1. The van der Waals surface area contributed by atoms with Gasteiger partial charge in [0.15, 0.2) is 5.65 Å². The van der Waals surface area contributed by atoms with E-state index >= 15 is 0 Å². The van der Waals surface area contributed by atoms with E-state index in [0.717, 1.165) is 24.2 Å². The lowest BCUT2D eigenvalue weighted by atomic mass is 10.1. The lowest BCUT2D eigenvalue weighted by Crippen LogP contribution is -1.96. The summed E-state index contributed by atoms with van der Waals surface area (Å²) in [5, 5.41) is 4.50. The predicted molar refractivity (Wildman–Crippen MR) is 61.1 cm³/mol. The van der Waals surface area contributed by atoms with E-state index in [2.05, 4.69) is 43.1 Å². The minimum atomic E-state index is 0.501. The molecule has 2 rings (SSSR count). The second-order valence-electron chi connectivity index (χ2n) is 4.23. The van der Waals surface area contributed by atoms with Gasteiger partial charge in [-0.05, 0) is 17.9 Å². The van der Waals surface area contributed by atoms with Crippen LogP contribution < -0.4 is 0 Å². The zero-order chi connectivity index (χ0) is 10.8. The molecule has 0 aromatic carbocycles. The summed E-state index contributed by atoms with van der Waals surface area (Å²) >= 11 is 0. The number of hydrogen-bond acceptors (Lipinski definition) is 2. The molecule has 0 aliphatic heterocycles. The lowest BCUT2D eigenvalue weighted by molar-refractivity contribution is 0.799. The molecule has 15 heavy (non-hydrogen) atoms. The van der Waals surface area contributed by atoms with Crippen molar-refractivity contribution < 1.29 is 0 Å². The van der Waals surface area contributed by atoms with Crippen molar-refractivity contribution in [2.24, 2.45) is 0 Å².